The second-order valence-corrected chi connectivity index (χ2v) is 5.56. The molecule has 1 aliphatic heterocycles. The van der Waals surface area contributed by atoms with Gasteiger partial charge >= 0.3 is 0 Å². The summed E-state index contributed by atoms with van der Waals surface area (Å²) in [5.74, 6) is 0. The lowest BCUT2D eigenvalue weighted by atomic mass is 10.2. The van der Waals surface area contributed by atoms with Crippen LogP contribution < -0.4 is 16.2 Å². The van der Waals surface area contributed by atoms with Crippen LogP contribution >= 0.6 is 0 Å². The molecule has 2 N–H and O–H groups in total. The highest BCUT2D eigenvalue weighted by atomic mass is 16.5. The van der Waals surface area contributed by atoms with E-state index in [1.165, 1.54) is 4.68 Å². The van der Waals surface area contributed by atoms with Crippen molar-refractivity contribution in [3.8, 4) is 0 Å². The normalized spacial score (nSPS) is 18.3. The zero-order valence-electron chi connectivity index (χ0n) is 13.0. The third kappa shape index (κ3) is 3.96. The van der Waals surface area contributed by atoms with Crippen molar-refractivity contribution in [3.05, 3.63) is 41.1 Å². The number of ether oxygens (including phenoxy) is 1. The molecule has 1 fully saturated rings. The molecule has 0 spiro atoms. The monoisotopic (exact) mass is 318 g/mol. The van der Waals surface area contributed by atoms with Crippen LogP contribution in [0.5, 0.6) is 0 Å². The van der Waals surface area contributed by atoms with Gasteiger partial charge in [0.2, 0.25) is 0 Å². The molecule has 0 unspecified atom stereocenters. The van der Waals surface area contributed by atoms with E-state index in [1.54, 1.807) is 23.1 Å². The van der Waals surface area contributed by atoms with Crippen molar-refractivity contribution in [2.24, 2.45) is 5.73 Å². The summed E-state index contributed by atoms with van der Waals surface area (Å²) < 4.78 is 8.91. The van der Waals surface area contributed by atoms with Crippen LogP contribution in [0.1, 0.15) is 6.42 Å². The summed E-state index contributed by atoms with van der Waals surface area (Å²) in [5, 5.41) is 8.40. The number of anilines is 1. The molecule has 2 aromatic rings. The molecule has 2 aromatic heterocycles. The zero-order valence-corrected chi connectivity index (χ0v) is 13.0. The molecular weight excluding hydrogens is 296 g/mol. The predicted octanol–water partition coefficient (Wildman–Crippen LogP) is -0.306. The number of nitrogens with zero attached hydrogens (tertiary/aromatic N) is 5. The van der Waals surface area contributed by atoms with Gasteiger partial charge in [-0.1, -0.05) is 0 Å². The van der Waals surface area contributed by atoms with E-state index in [-0.39, 0.29) is 11.7 Å². The number of rotatable bonds is 6. The van der Waals surface area contributed by atoms with Crippen molar-refractivity contribution >= 4 is 5.69 Å². The molecule has 1 atom stereocenters. The van der Waals surface area contributed by atoms with Crippen molar-refractivity contribution < 1.29 is 4.74 Å². The summed E-state index contributed by atoms with van der Waals surface area (Å²) in [6, 6.07) is 3.50. The lowest BCUT2D eigenvalue weighted by Gasteiger charge is -2.34. The molecule has 3 rings (SSSR count). The Labute approximate surface area is 134 Å². The third-order valence-corrected chi connectivity index (χ3v) is 3.95. The molecule has 0 saturated carbocycles. The molecule has 0 amide bonds. The standard InChI is InChI=1S/C15H22N6O2/c16-3-2-14-12-19(8-9-23-14)13-10-15(22)21(18-11-13)7-6-20-5-1-4-17-20/h1,4-5,10-11,14H,2-3,6-9,12,16H2/t14-/m0/s1. The molecule has 23 heavy (non-hydrogen) atoms. The van der Waals surface area contributed by atoms with Gasteiger partial charge in [-0.05, 0) is 19.0 Å². The van der Waals surface area contributed by atoms with Crippen molar-refractivity contribution in [1.82, 2.24) is 19.6 Å². The lowest BCUT2D eigenvalue weighted by molar-refractivity contribution is 0.0368. The van der Waals surface area contributed by atoms with E-state index in [1.807, 2.05) is 12.3 Å². The predicted molar refractivity (Wildman–Crippen MR) is 86.3 cm³/mol. The molecule has 124 valence electrons. The van der Waals surface area contributed by atoms with E-state index in [9.17, 15) is 4.79 Å². The summed E-state index contributed by atoms with van der Waals surface area (Å²) in [4.78, 5) is 14.4. The number of nitrogens with two attached hydrogens (primary N) is 1. The van der Waals surface area contributed by atoms with E-state index < -0.39 is 0 Å². The van der Waals surface area contributed by atoms with Gasteiger partial charge < -0.3 is 15.4 Å². The summed E-state index contributed by atoms with van der Waals surface area (Å²) in [5.41, 5.74) is 6.33. The van der Waals surface area contributed by atoms with E-state index in [2.05, 4.69) is 15.1 Å². The zero-order chi connectivity index (χ0) is 16.1. The van der Waals surface area contributed by atoms with Gasteiger partial charge in [0.15, 0.2) is 0 Å². The highest BCUT2D eigenvalue weighted by Gasteiger charge is 2.20. The summed E-state index contributed by atoms with van der Waals surface area (Å²) in [6.45, 7) is 3.88. The van der Waals surface area contributed by atoms with Crippen LogP contribution in [0.3, 0.4) is 0 Å². The first kappa shape index (κ1) is 15.7. The maximum atomic E-state index is 12.2. The Bertz CT molecular complexity index is 667. The minimum atomic E-state index is -0.100. The van der Waals surface area contributed by atoms with E-state index >= 15 is 0 Å². The van der Waals surface area contributed by atoms with Crippen LogP contribution in [0.15, 0.2) is 35.5 Å². The Morgan fingerprint density at radius 1 is 1.35 bits per heavy atom. The molecule has 0 aromatic carbocycles. The van der Waals surface area contributed by atoms with Gasteiger partial charge in [-0.3, -0.25) is 9.48 Å². The number of morpholine rings is 1. The first-order valence-corrected chi connectivity index (χ1v) is 7.87. The lowest BCUT2D eigenvalue weighted by Crippen LogP contribution is -2.44. The summed E-state index contributed by atoms with van der Waals surface area (Å²) >= 11 is 0. The highest BCUT2D eigenvalue weighted by Crippen LogP contribution is 2.16. The Morgan fingerprint density at radius 2 is 2.26 bits per heavy atom. The minimum absolute atomic E-state index is 0.100. The first-order chi connectivity index (χ1) is 11.3. The van der Waals surface area contributed by atoms with Gasteiger partial charge in [0, 0.05) is 31.5 Å². The first-order valence-electron chi connectivity index (χ1n) is 7.87. The largest absolute Gasteiger partial charge is 0.374 e. The van der Waals surface area contributed by atoms with Crippen LogP contribution in [0.2, 0.25) is 0 Å². The molecule has 8 heteroatoms. The fourth-order valence-electron chi connectivity index (χ4n) is 2.71. The van der Waals surface area contributed by atoms with E-state index in [0.29, 0.717) is 26.2 Å². The van der Waals surface area contributed by atoms with Crippen molar-refractivity contribution in [1.29, 1.82) is 0 Å². The maximum Gasteiger partial charge on any atom is 0.268 e. The molecule has 0 aliphatic carbocycles. The molecule has 0 bridgehead atoms. The van der Waals surface area contributed by atoms with Gasteiger partial charge in [0.05, 0.1) is 37.7 Å². The van der Waals surface area contributed by atoms with Crippen LogP contribution in [-0.2, 0) is 17.8 Å². The van der Waals surface area contributed by atoms with E-state index in [4.69, 9.17) is 10.5 Å². The Hall–Kier alpha value is -2.19. The fraction of sp³-hybridized carbons (Fsp3) is 0.533. The molecule has 1 saturated heterocycles. The number of aryl methyl sites for hydroxylation is 2. The number of aromatic nitrogens is 4. The smallest absolute Gasteiger partial charge is 0.268 e. The summed E-state index contributed by atoms with van der Waals surface area (Å²) in [7, 11) is 0. The second kappa shape index (κ2) is 7.38. The van der Waals surface area contributed by atoms with Crippen LogP contribution in [0.4, 0.5) is 5.69 Å². The summed E-state index contributed by atoms with van der Waals surface area (Å²) in [6.07, 6.45) is 6.27. The SMILES string of the molecule is NCC[C@H]1CN(c2cnn(CCn3cccn3)c(=O)c2)CCO1. The van der Waals surface area contributed by atoms with Crippen molar-refractivity contribution in [2.75, 3.05) is 31.1 Å². The average Bonchev–Trinajstić information content (AvgIpc) is 3.08. The fourth-order valence-corrected chi connectivity index (χ4v) is 2.71. The van der Waals surface area contributed by atoms with Crippen LogP contribution in [-0.4, -0.2) is 51.9 Å². The average molecular weight is 318 g/mol. The van der Waals surface area contributed by atoms with E-state index in [0.717, 1.165) is 25.2 Å². The number of hydrogen-bond donors (Lipinski definition) is 1. The molecule has 8 nitrogen and oxygen atoms in total. The van der Waals surface area contributed by atoms with Crippen molar-refractivity contribution in [3.63, 3.8) is 0 Å². The molecular formula is C15H22N6O2. The van der Waals surface area contributed by atoms with Crippen LogP contribution in [0.25, 0.3) is 0 Å². The number of hydrogen-bond acceptors (Lipinski definition) is 6. The Balaban J connectivity index is 1.65. The van der Waals surface area contributed by atoms with Gasteiger partial charge in [-0.2, -0.15) is 10.2 Å². The topological polar surface area (TPSA) is 91.2 Å². The molecule has 0 radical (unpaired) electrons. The van der Waals surface area contributed by atoms with Crippen molar-refractivity contribution in [2.45, 2.75) is 25.6 Å². The Kier molecular flexibility index (Phi) is 5.04. The van der Waals surface area contributed by atoms with Gasteiger partial charge in [-0.25, -0.2) is 4.68 Å². The van der Waals surface area contributed by atoms with Gasteiger partial charge in [0.25, 0.3) is 5.56 Å². The molecule has 1 aliphatic rings. The maximum absolute atomic E-state index is 12.2. The third-order valence-electron chi connectivity index (χ3n) is 3.95. The Morgan fingerprint density at radius 3 is 3.00 bits per heavy atom. The second-order valence-electron chi connectivity index (χ2n) is 5.56. The van der Waals surface area contributed by atoms with Gasteiger partial charge in [0.1, 0.15) is 0 Å². The quantitative estimate of drug-likeness (QED) is 0.786. The van der Waals surface area contributed by atoms with Gasteiger partial charge in [-0.15, -0.1) is 0 Å². The molecule has 3 heterocycles. The highest BCUT2D eigenvalue weighted by molar-refractivity contribution is 5.43. The minimum Gasteiger partial charge on any atom is -0.374 e. The van der Waals surface area contributed by atoms with Crippen LogP contribution in [0, 0.1) is 0 Å².